The summed E-state index contributed by atoms with van der Waals surface area (Å²) in [7, 11) is 0. The minimum Gasteiger partial charge on any atom is -0.464 e. The van der Waals surface area contributed by atoms with Gasteiger partial charge in [-0.2, -0.15) is 0 Å². The van der Waals surface area contributed by atoms with Crippen LogP contribution in [0.1, 0.15) is 50.2 Å². The van der Waals surface area contributed by atoms with Crippen LogP contribution in [0.2, 0.25) is 0 Å². The Hall–Kier alpha value is -1.06. The monoisotopic (exact) mass is 347 g/mol. The minimum absolute atomic E-state index is 0.0828. The van der Waals surface area contributed by atoms with Crippen LogP contribution in [0.15, 0.2) is 45.3 Å². The molecule has 1 N–H and O–H groups in total. The first-order valence-electron chi connectivity index (χ1n) is 7.55. The third-order valence-electron chi connectivity index (χ3n) is 4.43. The summed E-state index contributed by atoms with van der Waals surface area (Å²) in [5, 5.41) is 3.59. The third kappa shape index (κ3) is 3.41. The van der Waals surface area contributed by atoms with Gasteiger partial charge in [0, 0.05) is 15.9 Å². The number of rotatable bonds is 5. The minimum atomic E-state index is -0.0828. The van der Waals surface area contributed by atoms with Crippen molar-refractivity contribution in [2.75, 3.05) is 0 Å². The summed E-state index contributed by atoms with van der Waals surface area (Å²) in [5.41, 5.74) is 1.19. The third-order valence-corrected chi connectivity index (χ3v) is 4.96. The Labute approximate surface area is 135 Å². The maximum Gasteiger partial charge on any atom is 0.117 e. The van der Waals surface area contributed by atoms with Crippen molar-refractivity contribution in [2.24, 2.45) is 5.92 Å². The molecule has 3 heteroatoms. The molecule has 2 unspecified atom stereocenters. The average molecular weight is 348 g/mol. The molecule has 1 aromatic carbocycles. The first-order chi connectivity index (χ1) is 9.95. The molecule has 0 amide bonds. The van der Waals surface area contributed by atoms with Crippen molar-refractivity contribution in [1.82, 2.24) is 5.32 Å². The van der Waals surface area contributed by atoms with Gasteiger partial charge in [0.2, 0.25) is 0 Å². The van der Waals surface area contributed by atoms with Crippen LogP contribution >= 0.6 is 15.9 Å². The van der Waals surface area contributed by atoms with E-state index in [2.05, 4.69) is 78.4 Å². The summed E-state index contributed by atoms with van der Waals surface area (Å²) in [5.74, 6) is 3.62. The molecule has 3 rings (SSSR count). The van der Waals surface area contributed by atoms with E-state index in [4.69, 9.17) is 4.42 Å². The zero-order valence-electron chi connectivity index (χ0n) is 12.8. The fourth-order valence-corrected chi connectivity index (χ4v) is 2.95. The van der Waals surface area contributed by atoms with Crippen LogP contribution in [0.25, 0.3) is 0 Å². The molecule has 2 nitrogen and oxygen atoms in total. The molecule has 1 saturated carbocycles. The number of benzene rings is 1. The smallest absolute Gasteiger partial charge is 0.117 e. The van der Waals surface area contributed by atoms with Crippen LogP contribution in [0.4, 0.5) is 0 Å². The van der Waals surface area contributed by atoms with Crippen molar-refractivity contribution in [3.05, 3.63) is 58.0 Å². The van der Waals surface area contributed by atoms with Crippen LogP contribution in [-0.2, 0) is 12.1 Å². The molecule has 1 aliphatic rings. The van der Waals surface area contributed by atoms with E-state index in [0.717, 1.165) is 28.5 Å². The Morgan fingerprint density at radius 3 is 2.48 bits per heavy atom. The zero-order chi connectivity index (χ0) is 15.0. The zero-order valence-corrected chi connectivity index (χ0v) is 14.4. The van der Waals surface area contributed by atoms with E-state index in [9.17, 15) is 0 Å². The Bertz CT molecular complexity index is 614. The van der Waals surface area contributed by atoms with E-state index in [-0.39, 0.29) is 5.54 Å². The van der Waals surface area contributed by atoms with Gasteiger partial charge in [0.1, 0.15) is 11.5 Å². The van der Waals surface area contributed by atoms with Crippen LogP contribution in [0.3, 0.4) is 0 Å². The van der Waals surface area contributed by atoms with Crippen molar-refractivity contribution in [1.29, 1.82) is 0 Å². The molecule has 0 aliphatic heterocycles. The quantitative estimate of drug-likeness (QED) is 0.804. The molecule has 2 atom stereocenters. The molecular formula is C18H22BrNO. The predicted molar refractivity (Wildman–Crippen MR) is 89.2 cm³/mol. The van der Waals surface area contributed by atoms with Gasteiger partial charge in [-0.3, -0.25) is 0 Å². The van der Waals surface area contributed by atoms with Crippen molar-refractivity contribution < 1.29 is 4.42 Å². The van der Waals surface area contributed by atoms with Gasteiger partial charge in [-0.25, -0.2) is 0 Å². The highest BCUT2D eigenvalue weighted by Gasteiger charge is 2.36. The molecule has 112 valence electrons. The van der Waals surface area contributed by atoms with Crippen LogP contribution in [0.5, 0.6) is 0 Å². The van der Waals surface area contributed by atoms with E-state index in [1.807, 2.05) is 0 Å². The Balaban J connectivity index is 1.63. The average Bonchev–Trinajstić information content (AvgIpc) is 3.00. The number of halogens is 1. The Morgan fingerprint density at radius 1 is 1.19 bits per heavy atom. The summed E-state index contributed by atoms with van der Waals surface area (Å²) >= 11 is 3.48. The summed E-state index contributed by atoms with van der Waals surface area (Å²) in [6.45, 7) is 7.43. The van der Waals surface area contributed by atoms with Crippen molar-refractivity contribution >= 4 is 15.9 Å². The van der Waals surface area contributed by atoms with Crippen LogP contribution < -0.4 is 5.32 Å². The van der Waals surface area contributed by atoms with Crippen LogP contribution in [0, 0.1) is 5.92 Å². The lowest BCUT2D eigenvalue weighted by molar-refractivity contribution is 0.363. The molecule has 2 aromatic rings. The molecule has 0 saturated heterocycles. The van der Waals surface area contributed by atoms with Crippen molar-refractivity contribution in [2.45, 2.75) is 45.2 Å². The van der Waals surface area contributed by atoms with Gasteiger partial charge in [-0.05, 0) is 56.0 Å². The molecule has 1 aliphatic carbocycles. The van der Waals surface area contributed by atoms with E-state index < -0.39 is 0 Å². The number of nitrogens with one attached hydrogen (secondary N) is 1. The summed E-state index contributed by atoms with van der Waals surface area (Å²) in [4.78, 5) is 0. The first-order valence-corrected chi connectivity index (χ1v) is 8.35. The standard InChI is InChI=1S/C18H22BrNO/c1-12-10-16(12)17-9-8-15(21-17)11-20-18(2,3)13-4-6-14(19)7-5-13/h4-9,12,16,20H,10-11H2,1-3H3. The predicted octanol–water partition coefficient (Wildman–Crippen LogP) is 5.19. The van der Waals surface area contributed by atoms with Gasteiger partial charge in [-0.1, -0.05) is 35.0 Å². The lowest BCUT2D eigenvalue weighted by atomic mass is 9.94. The molecule has 0 bridgehead atoms. The second kappa shape index (κ2) is 5.62. The van der Waals surface area contributed by atoms with E-state index in [0.29, 0.717) is 5.92 Å². The molecule has 21 heavy (non-hydrogen) atoms. The lowest BCUT2D eigenvalue weighted by Gasteiger charge is -2.26. The summed E-state index contributed by atoms with van der Waals surface area (Å²) in [6, 6.07) is 12.7. The largest absolute Gasteiger partial charge is 0.464 e. The molecule has 0 spiro atoms. The Morgan fingerprint density at radius 2 is 1.86 bits per heavy atom. The van der Waals surface area contributed by atoms with Gasteiger partial charge < -0.3 is 9.73 Å². The summed E-state index contributed by atoms with van der Waals surface area (Å²) in [6.07, 6.45) is 1.27. The molecule has 1 heterocycles. The Kier molecular flexibility index (Phi) is 3.98. The second-order valence-corrected chi connectivity index (χ2v) is 7.52. The molecule has 1 fully saturated rings. The highest BCUT2D eigenvalue weighted by molar-refractivity contribution is 9.10. The van der Waals surface area contributed by atoms with E-state index >= 15 is 0 Å². The van der Waals surface area contributed by atoms with Gasteiger partial charge >= 0.3 is 0 Å². The molecule has 0 radical (unpaired) electrons. The summed E-state index contributed by atoms with van der Waals surface area (Å²) < 4.78 is 7.07. The second-order valence-electron chi connectivity index (χ2n) is 6.61. The number of furan rings is 1. The molecule has 1 aromatic heterocycles. The fraction of sp³-hybridized carbons (Fsp3) is 0.444. The number of hydrogen-bond donors (Lipinski definition) is 1. The van der Waals surface area contributed by atoms with E-state index in [1.54, 1.807) is 0 Å². The fourth-order valence-electron chi connectivity index (χ4n) is 2.68. The maximum absolute atomic E-state index is 5.96. The maximum atomic E-state index is 5.96. The van der Waals surface area contributed by atoms with Gasteiger partial charge in [0.15, 0.2) is 0 Å². The van der Waals surface area contributed by atoms with Gasteiger partial charge in [-0.15, -0.1) is 0 Å². The van der Waals surface area contributed by atoms with Crippen molar-refractivity contribution in [3.63, 3.8) is 0 Å². The highest BCUT2D eigenvalue weighted by atomic mass is 79.9. The SMILES string of the molecule is CC1CC1c1ccc(CNC(C)(C)c2ccc(Br)cc2)o1. The lowest BCUT2D eigenvalue weighted by Crippen LogP contribution is -2.35. The van der Waals surface area contributed by atoms with Crippen molar-refractivity contribution in [3.8, 4) is 0 Å². The topological polar surface area (TPSA) is 25.2 Å². The van der Waals surface area contributed by atoms with Gasteiger partial charge in [0.25, 0.3) is 0 Å². The normalized spacial score (nSPS) is 21.5. The molecular weight excluding hydrogens is 326 g/mol. The van der Waals surface area contributed by atoms with Crippen LogP contribution in [-0.4, -0.2) is 0 Å². The van der Waals surface area contributed by atoms with Gasteiger partial charge in [0.05, 0.1) is 6.54 Å². The highest BCUT2D eigenvalue weighted by Crippen LogP contribution is 2.47. The first kappa shape index (κ1) is 14.9. The number of hydrogen-bond acceptors (Lipinski definition) is 2. The van der Waals surface area contributed by atoms with E-state index in [1.165, 1.54) is 12.0 Å².